The van der Waals surface area contributed by atoms with Gasteiger partial charge in [0, 0.05) is 36.0 Å². The van der Waals surface area contributed by atoms with E-state index in [1.54, 1.807) is 12.3 Å². The highest BCUT2D eigenvalue weighted by Crippen LogP contribution is 2.54. The molecular weight excluding hydrogens is 593 g/mol. The topological polar surface area (TPSA) is 135 Å². The quantitative estimate of drug-likeness (QED) is 0.184. The predicted molar refractivity (Wildman–Crippen MR) is 170 cm³/mol. The standard InChI is InChI=1S/C15H15N5O3.C11H18Cl2N2O.2C2H6/c1-9-5-11(18-17-9)8-23-14-6-12-13(7-16-14)20(3-4-21)19-15(12)10(2)22;1-7(8-6-11(8,12)13)14-10(16)9-4-3-5-15(9)2;2*1-2/h4-7H,3,8H2,1-2H3,(H,17,18);7-9H,3-6H2,1-2H3,(H,14,16);2*1-2H3. The van der Waals surface area contributed by atoms with Crippen LogP contribution in [0.5, 0.6) is 5.88 Å². The Morgan fingerprint density at radius 3 is 2.44 bits per heavy atom. The van der Waals surface area contributed by atoms with E-state index in [0.717, 1.165) is 43.5 Å². The Bertz CT molecular complexity index is 1360. The van der Waals surface area contributed by atoms with Crippen molar-refractivity contribution in [2.45, 2.75) is 97.3 Å². The number of ketones is 1. The molecular formula is C30H45Cl2N7O4. The molecule has 0 spiro atoms. The number of hydrogen-bond donors (Lipinski definition) is 2. The van der Waals surface area contributed by atoms with Crippen LogP contribution >= 0.6 is 23.2 Å². The van der Waals surface area contributed by atoms with Crippen molar-refractivity contribution >= 4 is 52.1 Å². The lowest BCUT2D eigenvalue weighted by Crippen LogP contribution is -2.46. The smallest absolute Gasteiger partial charge is 0.237 e. The lowest BCUT2D eigenvalue weighted by molar-refractivity contribution is -0.125. The van der Waals surface area contributed by atoms with Gasteiger partial charge in [0.25, 0.3) is 0 Å². The number of ether oxygens (including phenoxy) is 1. The summed E-state index contributed by atoms with van der Waals surface area (Å²) in [5.74, 6) is 0.501. The van der Waals surface area contributed by atoms with E-state index in [0.29, 0.717) is 22.5 Å². The Morgan fingerprint density at radius 2 is 1.93 bits per heavy atom. The summed E-state index contributed by atoms with van der Waals surface area (Å²) >= 11 is 12.0. The van der Waals surface area contributed by atoms with E-state index in [2.05, 4.69) is 30.5 Å². The molecule has 1 amide bonds. The van der Waals surface area contributed by atoms with Gasteiger partial charge in [-0.25, -0.2) is 4.98 Å². The van der Waals surface area contributed by atoms with Gasteiger partial charge < -0.3 is 14.8 Å². The summed E-state index contributed by atoms with van der Waals surface area (Å²) in [6, 6.07) is 3.62. The van der Waals surface area contributed by atoms with Gasteiger partial charge in [-0.2, -0.15) is 10.2 Å². The summed E-state index contributed by atoms with van der Waals surface area (Å²) in [6.45, 7) is 14.6. The van der Waals surface area contributed by atoms with Gasteiger partial charge in [-0.15, -0.1) is 23.2 Å². The van der Waals surface area contributed by atoms with Crippen LogP contribution in [0.1, 0.15) is 82.7 Å². The fourth-order valence-corrected chi connectivity index (χ4v) is 5.45. The first-order valence-corrected chi connectivity index (χ1v) is 15.6. The Balaban J connectivity index is 0.000000283. The van der Waals surface area contributed by atoms with Gasteiger partial charge >= 0.3 is 0 Å². The normalized spacial score (nSPS) is 19.0. The molecule has 0 aromatic carbocycles. The number of nitrogens with one attached hydrogen (secondary N) is 2. The average Bonchev–Trinajstić information content (AvgIpc) is 3.36. The van der Waals surface area contributed by atoms with Crippen molar-refractivity contribution in [2.75, 3.05) is 13.6 Å². The summed E-state index contributed by atoms with van der Waals surface area (Å²) in [4.78, 5) is 40.7. The van der Waals surface area contributed by atoms with E-state index in [-0.39, 0.29) is 42.8 Å². The molecule has 43 heavy (non-hydrogen) atoms. The molecule has 3 aromatic rings. The first-order valence-electron chi connectivity index (χ1n) is 14.8. The first kappa shape index (κ1) is 36.2. The molecule has 4 heterocycles. The number of rotatable bonds is 9. The third-order valence-corrected chi connectivity index (χ3v) is 7.86. The molecule has 1 saturated heterocycles. The van der Waals surface area contributed by atoms with Crippen LogP contribution in [-0.2, 0) is 22.7 Å². The maximum Gasteiger partial charge on any atom is 0.237 e. The summed E-state index contributed by atoms with van der Waals surface area (Å²) in [5, 5.41) is 14.7. The second-order valence-corrected chi connectivity index (χ2v) is 11.7. The lowest BCUT2D eigenvalue weighted by Gasteiger charge is -2.22. The lowest BCUT2D eigenvalue weighted by atomic mass is 10.1. The van der Waals surface area contributed by atoms with Gasteiger partial charge in [-0.3, -0.25) is 24.3 Å². The molecule has 238 valence electrons. The van der Waals surface area contributed by atoms with Gasteiger partial charge in [0.15, 0.2) is 5.78 Å². The second kappa shape index (κ2) is 16.7. The highest BCUT2D eigenvalue weighted by molar-refractivity contribution is 6.51. The third-order valence-electron chi connectivity index (χ3n) is 6.99. The molecule has 11 nitrogen and oxygen atoms in total. The number of aromatic nitrogens is 5. The van der Waals surface area contributed by atoms with E-state index in [9.17, 15) is 14.4 Å². The number of aryl methyl sites for hydroxylation is 1. The summed E-state index contributed by atoms with van der Waals surface area (Å²) < 4.78 is 6.44. The van der Waals surface area contributed by atoms with Crippen molar-refractivity contribution in [1.29, 1.82) is 0 Å². The first-order chi connectivity index (χ1) is 20.5. The zero-order valence-electron chi connectivity index (χ0n) is 26.4. The number of carbonyl (C=O) groups is 3. The zero-order valence-corrected chi connectivity index (χ0v) is 27.9. The minimum absolute atomic E-state index is 0.0289. The second-order valence-electron chi connectivity index (χ2n) is 10.1. The fraction of sp³-hybridized carbons (Fsp3) is 0.600. The number of amides is 1. The molecule has 2 N–H and O–H groups in total. The number of halogens is 2. The molecule has 2 aliphatic rings. The number of fused-ring (bicyclic) bond motifs is 1. The van der Waals surface area contributed by atoms with Gasteiger partial charge in [-0.1, -0.05) is 27.7 Å². The van der Waals surface area contributed by atoms with Gasteiger partial charge in [0.2, 0.25) is 11.8 Å². The van der Waals surface area contributed by atoms with Crippen LogP contribution in [-0.4, -0.2) is 77.8 Å². The number of hydrogen-bond acceptors (Lipinski definition) is 8. The number of likely N-dealkylation sites (N-methyl/N-ethyl adjacent to an activating group) is 1. The van der Waals surface area contributed by atoms with Crippen LogP contribution in [0.4, 0.5) is 0 Å². The van der Waals surface area contributed by atoms with E-state index in [1.165, 1.54) is 11.6 Å². The van der Waals surface area contributed by atoms with Crippen LogP contribution in [0.3, 0.4) is 0 Å². The number of likely N-dealkylation sites (tertiary alicyclic amines) is 1. The third kappa shape index (κ3) is 9.74. The number of aldehydes is 1. The van der Waals surface area contributed by atoms with Gasteiger partial charge in [0.1, 0.15) is 22.9 Å². The Kier molecular flexibility index (Phi) is 14.1. The Labute approximate surface area is 264 Å². The Hall–Kier alpha value is -3.02. The minimum Gasteiger partial charge on any atom is -0.471 e. The minimum atomic E-state index is -0.617. The summed E-state index contributed by atoms with van der Waals surface area (Å²) in [7, 11) is 1.99. The average molecular weight is 639 g/mol. The van der Waals surface area contributed by atoms with Gasteiger partial charge in [0.05, 0.1) is 30.0 Å². The van der Waals surface area contributed by atoms with Crippen LogP contribution in [0.25, 0.3) is 10.9 Å². The number of alkyl halides is 2. The van der Waals surface area contributed by atoms with Crippen molar-refractivity contribution in [3.63, 3.8) is 0 Å². The highest BCUT2D eigenvalue weighted by atomic mass is 35.5. The van der Waals surface area contributed by atoms with Crippen molar-refractivity contribution < 1.29 is 19.1 Å². The van der Waals surface area contributed by atoms with E-state index in [4.69, 9.17) is 27.9 Å². The largest absolute Gasteiger partial charge is 0.471 e. The molecule has 13 heteroatoms. The van der Waals surface area contributed by atoms with Crippen molar-refractivity contribution in [2.24, 2.45) is 5.92 Å². The fourth-order valence-electron chi connectivity index (χ4n) is 4.74. The molecule has 1 aliphatic carbocycles. The number of pyridine rings is 1. The molecule has 1 aliphatic heterocycles. The summed E-state index contributed by atoms with van der Waals surface area (Å²) in [6.07, 6.45) is 5.09. The SMILES string of the molecule is CC.CC.CC(=O)c1nn(CC=O)c2cnc(OCc3cc(C)[nH]n3)cc12.CC(NC(=O)C1CCCN1C)C1CC1(Cl)Cl. The number of H-pyrrole nitrogens is 1. The van der Waals surface area contributed by atoms with E-state index < -0.39 is 4.33 Å². The molecule has 3 unspecified atom stereocenters. The Morgan fingerprint density at radius 1 is 1.26 bits per heavy atom. The van der Waals surface area contributed by atoms with Crippen LogP contribution in [0.15, 0.2) is 18.3 Å². The number of carbonyl (C=O) groups excluding carboxylic acids is 3. The molecule has 2 fully saturated rings. The van der Waals surface area contributed by atoms with Crippen LogP contribution in [0.2, 0.25) is 0 Å². The maximum atomic E-state index is 12.0. The van der Waals surface area contributed by atoms with E-state index >= 15 is 0 Å². The van der Waals surface area contributed by atoms with Crippen molar-refractivity contribution in [1.82, 2.24) is 35.2 Å². The van der Waals surface area contributed by atoms with Crippen LogP contribution < -0.4 is 10.1 Å². The highest BCUT2D eigenvalue weighted by Gasteiger charge is 2.54. The molecule has 0 radical (unpaired) electrons. The molecule has 1 saturated carbocycles. The summed E-state index contributed by atoms with van der Waals surface area (Å²) in [5.41, 5.74) is 2.61. The predicted octanol–water partition coefficient (Wildman–Crippen LogP) is 5.27. The number of aromatic amines is 1. The monoisotopic (exact) mass is 637 g/mol. The molecule has 0 bridgehead atoms. The molecule has 5 rings (SSSR count). The van der Waals surface area contributed by atoms with Crippen LogP contribution in [0, 0.1) is 12.8 Å². The van der Waals surface area contributed by atoms with Crippen molar-refractivity contribution in [3.05, 3.63) is 35.4 Å². The number of nitrogens with zero attached hydrogens (tertiary/aromatic N) is 5. The zero-order chi connectivity index (χ0) is 32.3. The molecule has 3 atom stereocenters. The van der Waals surface area contributed by atoms with E-state index in [1.807, 2.05) is 54.7 Å². The molecule has 3 aromatic heterocycles. The maximum absolute atomic E-state index is 12.0. The van der Waals surface area contributed by atoms with Crippen molar-refractivity contribution in [3.8, 4) is 5.88 Å². The van der Waals surface area contributed by atoms with Gasteiger partial charge in [-0.05, 0) is 52.8 Å². The number of Topliss-reactive ketones (excluding diaryl/α,β-unsaturated/α-hetero) is 1.